The van der Waals surface area contributed by atoms with Crippen molar-refractivity contribution in [1.82, 2.24) is 40.4 Å². The minimum absolute atomic E-state index is 0.0138. The molecule has 1 saturated heterocycles. The molecule has 286 valence electrons. The van der Waals surface area contributed by atoms with Gasteiger partial charge in [0.25, 0.3) is 5.91 Å². The highest BCUT2D eigenvalue weighted by Crippen LogP contribution is 2.26. The molecule has 2 aromatic heterocycles. The van der Waals surface area contributed by atoms with Crippen LogP contribution in [0.5, 0.6) is 5.75 Å². The lowest BCUT2D eigenvalue weighted by atomic mass is 10.0. The number of rotatable bonds is 4. The van der Waals surface area contributed by atoms with Gasteiger partial charge in [0.1, 0.15) is 42.0 Å². The molecule has 0 radical (unpaired) electrons. The number of carbonyl (C=O) groups is 4. The molecule has 0 saturated carbocycles. The number of ether oxygens (including phenoxy) is 1. The van der Waals surface area contributed by atoms with Gasteiger partial charge in [-0.1, -0.05) is 50.8 Å². The fraction of sp³-hybridized carbons (Fsp3) is 0.553. The van der Waals surface area contributed by atoms with Gasteiger partial charge in [-0.2, -0.15) is 0 Å². The van der Waals surface area contributed by atoms with Crippen LogP contribution in [0.1, 0.15) is 86.8 Å². The summed E-state index contributed by atoms with van der Waals surface area (Å²) in [5, 5.41) is 24.9. The number of aliphatic hydroxyl groups is 1. The summed E-state index contributed by atoms with van der Waals surface area (Å²) in [5.74, 6) is -2.73. The van der Waals surface area contributed by atoms with Crippen LogP contribution in [0.25, 0.3) is 0 Å². The average molecular weight is 735 g/mol. The number of hydrogen-bond acceptors (Lipinski definition) is 9. The molecule has 4 amide bonds. The summed E-state index contributed by atoms with van der Waals surface area (Å²) >= 11 is 0. The van der Waals surface area contributed by atoms with Crippen molar-refractivity contribution in [1.29, 1.82) is 0 Å². The number of nitrogens with one attached hydrogen (secondary N) is 2. The highest BCUT2D eigenvalue weighted by atomic mass is 19.1. The summed E-state index contributed by atoms with van der Waals surface area (Å²) < 4.78 is 22.0. The largest absolute Gasteiger partial charge is 0.486 e. The Bertz CT molecular complexity index is 1700. The molecule has 1 fully saturated rings. The van der Waals surface area contributed by atoms with Crippen LogP contribution in [-0.2, 0) is 34.0 Å². The highest BCUT2D eigenvalue weighted by Gasteiger charge is 2.44. The summed E-state index contributed by atoms with van der Waals surface area (Å²) in [7, 11) is 1.54. The standard InChI is InChI=1S/C38H51FN8O6/c1-25(2)17-31-37(51)47-23-29(48)20-33(47)38(52)45(3)32(18-26-11-10-14-40-21-26)36(50)41-15-8-6-4-5-7-9-16-46-22-28(43-44-46)24-53-34-19-27(39)12-13-30(34)35(49)42-31/h10-14,19,21-22,25,29,31-33,48H,4-9,15-18,20,23-24H2,1-3H3,(H,41,50)(H,42,49)/t29-,31+,32-,33+/m0/s1. The van der Waals surface area contributed by atoms with Crippen LogP contribution in [0.15, 0.2) is 48.9 Å². The SMILES string of the molecule is CC(C)C[C@H]1NC(=O)c2ccc(F)cc2OCc2cn(nn2)CCCCCCCCNC(=O)[C@H](Cc2cccnc2)N(C)C(=O)[C@H]2C[C@H](O)CN2C1=O. The van der Waals surface area contributed by atoms with Crippen molar-refractivity contribution in [3.8, 4) is 5.75 Å². The average Bonchev–Trinajstić information content (AvgIpc) is 3.76. The monoisotopic (exact) mass is 734 g/mol. The third-order valence-corrected chi connectivity index (χ3v) is 9.69. The van der Waals surface area contributed by atoms with Crippen LogP contribution >= 0.6 is 0 Å². The molecule has 0 spiro atoms. The number of likely N-dealkylation sites (N-methyl/N-ethyl adjacent to an activating group) is 1. The molecule has 3 aromatic rings. The number of amides is 4. The van der Waals surface area contributed by atoms with Crippen LogP contribution in [-0.4, -0.2) is 103 Å². The molecule has 53 heavy (non-hydrogen) atoms. The van der Waals surface area contributed by atoms with E-state index in [2.05, 4.69) is 25.9 Å². The normalized spacial score (nSPS) is 23.2. The summed E-state index contributed by atoms with van der Waals surface area (Å²) in [5.41, 5.74) is 1.28. The van der Waals surface area contributed by atoms with Gasteiger partial charge < -0.3 is 30.3 Å². The lowest BCUT2D eigenvalue weighted by molar-refractivity contribution is -0.147. The van der Waals surface area contributed by atoms with Crippen molar-refractivity contribution >= 4 is 23.6 Å². The van der Waals surface area contributed by atoms with E-state index in [1.807, 2.05) is 19.9 Å². The van der Waals surface area contributed by atoms with Gasteiger partial charge in [-0.15, -0.1) is 5.10 Å². The van der Waals surface area contributed by atoms with E-state index in [1.54, 1.807) is 29.3 Å². The van der Waals surface area contributed by atoms with Gasteiger partial charge >= 0.3 is 0 Å². The zero-order valence-electron chi connectivity index (χ0n) is 30.7. The van der Waals surface area contributed by atoms with E-state index in [-0.39, 0.29) is 55.6 Å². The summed E-state index contributed by atoms with van der Waals surface area (Å²) in [6.45, 7) is 4.73. The molecule has 3 N–H and O–H groups in total. The molecule has 4 heterocycles. The fourth-order valence-corrected chi connectivity index (χ4v) is 6.86. The van der Waals surface area contributed by atoms with E-state index in [9.17, 15) is 28.7 Å². The summed E-state index contributed by atoms with van der Waals surface area (Å²) in [6.07, 6.45) is 10.1. The van der Waals surface area contributed by atoms with Crippen LogP contribution in [0, 0.1) is 11.7 Å². The molecule has 2 aliphatic heterocycles. The third kappa shape index (κ3) is 10.8. The minimum atomic E-state index is -1.08. The minimum Gasteiger partial charge on any atom is -0.486 e. The summed E-state index contributed by atoms with van der Waals surface area (Å²) in [4.78, 5) is 62.8. The molecular formula is C38H51FN8O6. The van der Waals surface area contributed by atoms with Crippen LogP contribution in [0.2, 0.25) is 0 Å². The second kappa shape index (κ2) is 18.7. The van der Waals surface area contributed by atoms with E-state index >= 15 is 0 Å². The van der Waals surface area contributed by atoms with E-state index in [4.69, 9.17) is 4.74 Å². The first-order chi connectivity index (χ1) is 25.5. The number of aromatic nitrogens is 4. The Morgan fingerprint density at radius 3 is 2.57 bits per heavy atom. The van der Waals surface area contributed by atoms with Gasteiger partial charge in [0.15, 0.2) is 0 Å². The Hall–Kier alpha value is -4.92. The van der Waals surface area contributed by atoms with Gasteiger partial charge in [-0.25, -0.2) is 4.39 Å². The quantitative estimate of drug-likeness (QED) is 0.365. The Balaban J connectivity index is 1.43. The lowest BCUT2D eigenvalue weighted by Gasteiger charge is -2.34. The molecule has 2 bridgehead atoms. The zero-order valence-corrected chi connectivity index (χ0v) is 30.7. The number of benzene rings is 1. The molecule has 2 aliphatic rings. The predicted molar refractivity (Wildman–Crippen MR) is 193 cm³/mol. The van der Waals surface area contributed by atoms with Crippen LogP contribution in [0.4, 0.5) is 4.39 Å². The Morgan fingerprint density at radius 1 is 1.04 bits per heavy atom. The second-order valence-corrected chi connectivity index (χ2v) is 14.4. The van der Waals surface area contributed by atoms with Gasteiger partial charge in [0.2, 0.25) is 17.7 Å². The lowest BCUT2D eigenvalue weighted by Crippen LogP contribution is -2.57. The van der Waals surface area contributed by atoms with Crippen LogP contribution < -0.4 is 15.4 Å². The molecule has 4 atom stereocenters. The molecule has 5 rings (SSSR count). The summed E-state index contributed by atoms with van der Waals surface area (Å²) in [6, 6.07) is 4.07. The number of aliphatic hydroxyl groups excluding tert-OH is 1. The molecular weight excluding hydrogens is 683 g/mol. The Kier molecular flexibility index (Phi) is 13.9. The van der Waals surface area contributed by atoms with E-state index in [0.29, 0.717) is 18.8 Å². The number of pyridine rings is 1. The van der Waals surface area contributed by atoms with E-state index in [1.165, 1.54) is 22.9 Å². The number of hydrogen-bond donors (Lipinski definition) is 3. The Morgan fingerprint density at radius 2 is 1.81 bits per heavy atom. The topological polar surface area (TPSA) is 172 Å². The van der Waals surface area contributed by atoms with E-state index < -0.39 is 47.8 Å². The molecule has 0 unspecified atom stereocenters. The van der Waals surface area contributed by atoms with Crippen molar-refractivity contribution in [2.24, 2.45) is 5.92 Å². The van der Waals surface area contributed by atoms with Crippen LogP contribution in [0.3, 0.4) is 0 Å². The third-order valence-electron chi connectivity index (χ3n) is 9.69. The van der Waals surface area contributed by atoms with Gasteiger partial charge in [-0.05, 0) is 48.9 Å². The molecule has 14 nitrogen and oxygen atoms in total. The second-order valence-electron chi connectivity index (χ2n) is 14.4. The number of nitrogens with zero attached hydrogens (tertiary/aromatic N) is 6. The fourth-order valence-electron chi connectivity index (χ4n) is 6.86. The predicted octanol–water partition coefficient (Wildman–Crippen LogP) is 3.04. The first-order valence-electron chi connectivity index (χ1n) is 18.5. The van der Waals surface area contributed by atoms with E-state index in [0.717, 1.165) is 56.2 Å². The highest BCUT2D eigenvalue weighted by molar-refractivity contribution is 6.00. The van der Waals surface area contributed by atoms with Crippen molar-refractivity contribution < 1.29 is 33.4 Å². The van der Waals surface area contributed by atoms with Gasteiger partial charge in [0.05, 0.1) is 17.9 Å². The van der Waals surface area contributed by atoms with Gasteiger partial charge in [-0.3, -0.25) is 28.8 Å². The number of fused-ring (bicyclic) bond motifs is 4. The van der Waals surface area contributed by atoms with Crippen molar-refractivity contribution in [2.45, 2.75) is 109 Å². The van der Waals surface area contributed by atoms with Crippen molar-refractivity contribution in [3.05, 3.63) is 71.6 Å². The number of carbonyl (C=O) groups excluding carboxylic acids is 4. The maximum absolute atomic E-state index is 14.4. The molecule has 1 aromatic carbocycles. The maximum atomic E-state index is 14.4. The maximum Gasteiger partial charge on any atom is 0.255 e. The number of halogens is 1. The van der Waals surface area contributed by atoms with Crippen molar-refractivity contribution in [3.63, 3.8) is 0 Å². The smallest absolute Gasteiger partial charge is 0.255 e. The molecule has 15 heteroatoms. The zero-order chi connectivity index (χ0) is 37.9. The number of aryl methyl sites for hydroxylation is 1. The first-order valence-corrected chi connectivity index (χ1v) is 18.5. The van der Waals surface area contributed by atoms with Crippen molar-refractivity contribution in [2.75, 3.05) is 20.1 Å². The van der Waals surface area contributed by atoms with Gasteiger partial charge in [0, 0.05) is 58.0 Å². The molecule has 0 aliphatic carbocycles. The Labute approximate surface area is 309 Å². The first kappa shape index (κ1) is 39.3.